The SMILES string of the molecule is Cc1ccc(C)c([C@H](C)N=Cc2ccc([N+](=O)[O-])cc2)c1. The van der Waals surface area contributed by atoms with Gasteiger partial charge in [0.05, 0.1) is 11.0 Å². The number of hydrogen-bond donors (Lipinski definition) is 0. The average Bonchev–Trinajstić information content (AvgIpc) is 2.47. The highest BCUT2D eigenvalue weighted by Crippen LogP contribution is 2.22. The molecule has 0 radical (unpaired) electrons. The number of nitrogens with zero attached hydrogens (tertiary/aromatic N) is 2. The van der Waals surface area contributed by atoms with Gasteiger partial charge in [-0.1, -0.05) is 23.8 Å². The molecule has 0 N–H and O–H groups in total. The molecule has 1 atom stereocenters. The highest BCUT2D eigenvalue weighted by Gasteiger charge is 2.07. The highest BCUT2D eigenvalue weighted by molar-refractivity contribution is 5.80. The van der Waals surface area contributed by atoms with Crippen molar-refractivity contribution >= 4 is 11.9 Å². The minimum Gasteiger partial charge on any atom is -0.285 e. The Kier molecular flexibility index (Phi) is 4.48. The maximum atomic E-state index is 10.6. The second-order valence-corrected chi connectivity index (χ2v) is 5.16. The van der Waals surface area contributed by atoms with Crippen molar-refractivity contribution in [3.63, 3.8) is 0 Å². The maximum absolute atomic E-state index is 10.6. The van der Waals surface area contributed by atoms with Gasteiger partial charge >= 0.3 is 0 Å². The van der Waals surface area contributed by atoms with Gasteiger partial charge in [-0.15, -0.1) is 0 Å². The highest BCUT2D eigenvalue weighted by atomic mass is 16.6. The number of aliphatic imine (C=N–C) groups is 1. The van der Waals surface area contributed by atoms with Crippen LogP contribution in [0.25, 0.3) is 0 Å². The third-order valence-corrected chi connectivity index (χ3v) is 3.44. The van der Waals surface area contributed by atoms with Gasteiger partial charge in [0.15, 0.2) is 0 Å². The van der Waals surface area contributed by atoms with Gasteiger partial charge in [-0.25, -0.2) is 0 Å². The minimum absolute atomic E-state index is 0.0556. The smallest absolute Gasteiger partial charge is 0.269 e. The first-order chi connectivity index (χ1) is 9.97. The van der Waals surface area contributed by atoms with Gasteiger partial charge in [0.25, 0.3) is 5.69 Å². The summed E-state index contributed by atoms with van der Waals surface area (Å²) in [4.78, 5) is 14.7. The number of hydrogen-bond acceptors (Lipinski definition) is 3. The third kappa shape index (κ3) is 3.75. The average molecular weight is 282 g/mol. The molecule has 0 aromatic heterocycles. The summed E-state index contributed by atoms with van der Waals surface area (Å²) in [5.74, 6) is 0. The lowest BCUT2D eigenvalue weighted by molar-refractivity contribution is -0.384. The molecule has 0 bridgehead atoms. The summed E-state index contributed by atoms with van der Waals surface area (Å²) in [5, 5.41) is 10.6. The number of benzene rings is 2. The second kappa shape index (κ2) is 6.31. The lowest BCUT2D eigenvalue weighted by atomic mass is 10.0. The summed E-state index contributed by atoms with van der Waals surface area (Å²) in [5.41, 5.74) is 4.59. The molecule has 2 aromatic rings. The first-order valence-corrected chi connectivity index (χ1v) is 6.82. The summed E-state index contributed by atoms with van der Waals surface area (Å²) >= 11 is 0. The summed E-state index contributed by atoms with van der Waals surface area (Å²) in [6.07, 6.45) is 1.76. The molecule has 2 rings (SSSR count). The number of aryl methyl sites for hydroxylation is 2. The molecule has 2 aromatic carbocycles. The fraction of sp³-hybridized carbons (Fsp3) is 0.235. The Morgan fingerprint density at radius 3 is 2.43 bits per heavy atom. The zero-order valence-electron chi connectivity index (χ0n) is 12.4. The van der Waals surface area contributed by atoms with Crippen molar-refractivity contribution in [2.45, 2.75) is 26.8 Å². The van der Waals surface area contributed by atoms with E-state index in [0.29, 0.717) is 0 Å². The number of nitro benzene ring substituents is 1. The van der Waals surface area contributed by atoms with Crippen molar-refractivity contribution in [1.82, 2.24) is 0 Å². The Hall–Kier alpha value is -2.49. The quantitative estimate of drug-likeness (QED) is 0.474. The molecule has 0 aliphatic heterocycles. The number of nitro groups is 1. The van der Waals surface area contributed by atoms with E-state index in [4.69, 9.17) is 0 Å². The molecule has 0 amide bonds. The largest absolute Gasteiger partial charge is 0.285 e. The van der Waals surface area contributed by atoms with Crippen molar-refractivity contribution in [2.24, 2.45) is 4.99 Å². The summed E-state index contributed by atoms with van der Waals surface area (Å²) in [6.45, 7) is 6.19. The lowest BCUT2D eigenvalue weighted by Gasteiger charge is -2.11. The Bertz CT molecular complexity index is 676. The van der Waals surface area contributed by atoms with Crippen molar-refractivity contribution in [1.29, 1.82) is 0 Å². The van der Waals surface area contributed by atoms with Crippen LogP contribution in [0.2, 0.25) is 0 Å². The molecule has 4 heteroatoms. The molecule has 0 spiro atoms. The predicted molar refractivity (Wildman–Crippen MR) is 85.0 cm³/mol. The molecule has 0 unspecified atom stereocenters. The van der Waals surface area contributed by atoms with E-state index in [1.807, 2.05) is 6.92 Å². The standard InChI is InChI=1S/C17H18N2O2/c1-12-4-5-13(2)17(10-12)14(3)18-11-15-6-8-16(9-7-15)19(20)21/h4-11,14H,1-3H3/t14-/m0/s1. The molecule has 0 aliphatic rings. The first-order valence-electron chi connectivity index (χ1n) is 6.82. The van der Waals surface area contributed by atoms with Crippen LogP contribution in [0.5, 0.6) is 0 Å². The zero-order valence-corrected chi connectivity index (χ0v) is 12.4. The van der Waals surface area contributed by atoms with Crippen LogP contribution in [0.15, 0.2) is 47.5 Å². The van der Waals surface area contributed by atoms with Crippen LogP contribution in [-0.2, 0) is 0 Å². The Balaban J connectivity index is 2.16. The lowest BCUT2D eigenvalue weighted by Crippen LogP contribution is -1.96. The van der Waals surface area contributed by atoms with Gasteiger partial charge in [-0.2, -0.15) is 0 Å². The van der Waals surface area contributed by atoms with Crippen LogP contribution in [0.1, 0.15) is 35.2 Å². The second-order valence-electron chi connectivity index (χ2n) is 5.16. The van der Waals surface area contributed by atoms with E-state index in [9.17, 15) is 10.1 Å². The molecule has 4 nitrogen and oxygen atoms in total. The number of rotatable bonds is 4. The van der Waals surface area contributed by atoms with E-state index in [1.165, 1.54) is 28.8 Å². The van der Waals surface area contributed by atoms with Gasteiger partial charge in [0, 0.05) is 18.3 Å². The molecule has 0 heterocycles. The fourth-order valence-electron chi connectivity index (χ4n) is 2.17. The Morgan fingerprint density at radius 1 is 1.14 bits per heavy atom. The van der Waals surface area contributed by atoms with E-state index < -0.39 is 4.92 Å². The molecule has 0 fully saturated rings. The minimum atomic E-state index is -0.403. The zero-order chi connectivity index (χ0) is 15.4. The van der Waals surface area contributed by atoms with Crippen LogP contribution < -0.4 is 0 Å². The molecule has 0 aliphatic carbocycles. The molecular weight excluding hydrogens is 264 g/mol. The molecule has 0 saturated heterocycles. The number of non-ortho nitro benzene ring substituents is 1. The van der Waals surface area contributed by atoms with Crippen LogP contribution in [-0.4, -0.2) is 11.1 Å². The van der Waals surface area contributed by atoms with Crippen molar-refractivity contribution in [3.05, 3.63) is 74.8 Å². The van der Waals surface area contributed by atoms with Crippen molar-refractivity contribution in [2.75, 3.05) is 0 Å². The molecular formula is C17H18N2O2. The van der Waals surface area contributed by atoms with Crippen LogP contribution in [0.4, 0.5) is 5.69 Å². The van der Waals surface area contributed by atoms with Gasteiger partial charge in [0.1, 0.15) is 0 Å². The normalized spacial score (nSPS) is 12.5. The summed E-state index contributed by atoms with van der Waals surface area (Å²) in [6, 6.07) is 12.8. The Labute approximate surface area is 124 Å². The summed E-state index contributed by atoms with van der Waals surface area (Å²) < 4.78 is 0. The topological polar surface area (TPSA) is 55.5 Å². The van der Waals surface area contributed by atoms with E-state index in [2.05, 4.69) is 37.0 Å². The van der Waals surface area contributed by atoms with E-state index in [0.717, 1.165) is 5.56 Å². The van der Waals surface area contributed by atoms with Crippen LogP contribution in [0.3, 0.4) is 0 Å². The maximum Gasteiger partial charge on any atom is 0.269 e. The monoisotopic (exact) mass is 282 g/mol. The van der Waals surface area contributed by atoms with Gasteiger partial charge in [-0.3, -0.25) is 15.1 Å². The van der Waals surface area contributed by atoms with Crippen molar-refractivity contribution in [3.8, 4) is 0 Å². The van der Waals surface area contributed by atoms with Crippen LogP contribution >= 0.6 is 0 Å². The molecule has 21 heavy (non-hydrogen) atoms. The third-order valence-electron chi connectivity index (χ3n) is 3.44. The van der Waals surface area contributed by atoms with E-state index >= 15 is 0 Å². The van der Waals surface area contributed by atoms with Gasteiger partial charge in [0.2, 0.25) is 0 Å². The van der Waals surface area contributed by atoms with E-state index in [1.54, 1.807) is 18.3 Å². The molecule has 108 valence electrons. The fourth-order valence-corrected chi connectivity index (χ4v) is 2.17. The Morgan fingerprint density at radius 2 is 1.81 bits per heavy atom. The van der Waals surface area contributed by atoms with Crippen LogP contribution in [0, 0.1) is 24.0 Å². The van der Waals surface area contributed by atoms with Crippen molar-refractivity contribution < 1.29 is 4.92 Å². The molecule has 0 saturated carbocycles. The first kappa shape index (κ1) is 14.9. The summed E-state index contributed by atoms with van der Waals surface area (Å²) in [7, 11) is 0. The van der Waals surface area contributed by atoms with Gasteiger partial charge in [-0.05, 0) is 49.6 Å². The predicted octanol–water partition coefficient (Wildman–Crippen LogP) is 4.39. The van der Waals surface area contributed by atoms with E-state index in [-0.39, 0.29) is 11.7 Å². The van der Waals surface area contributed by atoms with Gasteiger partial charge < -0.3 is 0 Å².